The Labute approximate surface area is 219 Å². The number of halogens is 1. The Balaban J connectivity index is 1.93. The molecule has 0 spiro atoms. The number of epoxide rings is 1. The molecule has 2 amide bonds. The number of fused-ring (bicyclic) bond motifs is 3. The fourth-order valence-electron chi connectivity index (χ4n) is 5.10. The maximum Gasteiger partial charge on any atom is 0.226 e. The minimum Gasteiger partial charge on any atom is -0.495 e. The van der Waals surface area contributed by atoms with Gasteiger partial charge in [-0.25, -0.2) is 0 Å². The average molecular weight is 519 g/mol. The summed E-state index contributed by atoms with van der Waals surface area (Å²) >= 11 is 6.61. The fraction of sp³-hybridized carbons (Fsp3) is 0.571. The van der Waals surface area contributed by atoms with E-state index in [0.717, 1.165) is 17.5 Å². The van der Waals surface area contributed by atoms with Crippen LogP contribution in [0.4, 0.5) is 5.69 Å². The average Bonchev–Trinajstić information content (AvgIpc) is 3.54. The summed E-state index contributed by atoms with van der Waals surface area (Å²) in [6, 6.07) is 3.81. The molecule has 0 saturated carbocycles. The number of rotatable bonds is 4. The Morgan fingerprint density at radius 1 is 1.31 bits per heavy atom. The summed E-state index contributed by atoms with van der Waals surface area (Å²) in [5.41, 5.74) is 2.38. The van der Waals surface area contributed by atoms with Crippen LogP contribution in [0.15, 0.2) is 35.9 Å². The van der Waals surface area contributed by atoms with Crippen LogP contribution in [0.3, 0.4) is 0 Å². The summed E-state index contributed by atoms with van der Waals surface area (Å²) in [5.74, 6) is 0.607. The van der Waals surface area contributed by atoms with Crippen LogP contribution in [-0.2, 0) is 25.5 Å². The van der Waals surface area contributed by atoms with Crippen molar-refractivity contribution in [1.29, 1.82) is 0 Å². The molecule has 8 heteroatoms. The highest BCUT2D eigenvalue weighted by Gasteiger charge is 2.56. The Morgan fingerprint density at radius 2 is 2.06 bits per heavy atom. The third kappa shape index (κ3) is 6.69. The van der Waals surface area contributed by atoms with Crippen LogP contribution < -0.4 is 15.0 Å². The zero-order valence-corrected chi connectivity index (χ0v) is 22.9. The van der Waals surface area contributed by atoms with Gasteiger partial charge in [-0.2, -0.15) is 0 Å². The first-order valence-corrected chi connectivity index (χ1v) is 12.9. The van der Waals surface area contributed by atoms with Crippen LogP contribution in [0.2, 0.25) is 5.02 Å². The molecule has 5 unspecified atom stereocenters. The van der Waals surface area contributed by atoms with Gasteiger partial charge in [-0.3, -0.25) is 9.59 Å². The SMILES string of the molecule is COc1cc2cc(c1Cl)N(C)C(=O)CCC1(C)OC1C(C)C(OC)CC(NC=O)C/C=C/C=C(\C)C2. The van der Waals surface area contributed by atoms with Crippen molar-refractivity contribution >= 4 is 29.6 Å². The van der Waals surface area contributed by atoms with E-state index >= 15 is 0 Å². The molecular weight excluding hydrogens is 480 g/mol. The molecular formula is C28H39ClN2O5. The predicted molar refractivity (Wildman–Crippen MR) is 143 cm³/mol. The van der Waals surface area contributed by atoms with Crippen LogP contribution in [0, 0.1) is 5.92 Å². The number of amides is 2. The molecule has 2 aliphatic heterocycles. The number of allylic oxidation sites excluding steroid dienone is 3. The predicted octanol–water partition coefficient (Wildman–Crippen LogP) is 4.85. The molecule has 1 aromatic rings. The van der Waals surface area contributed by atoms with Crippen LogP contribution in [0.25, 0.3) is 0 Å². The van der Waals surface area contributed by atoms with Crippen molar-refractivity contribution in [3.63, 3.8) is 0 Å². The quantitative estimate of drug-likeness (QED) is 0.455. The van der Waals surface area contributed by atoms with E-state index in [-0.39, 0.29) is 30.1 Å². The van der Waals surface area contributed by atoms with Crippen molar-refractivity contribution in [3.05, 3.63) is 46.5 Å². The Kier molecular flexibility index (Phi) is 9.61. The molecule has 198 valence electrons. The van der Waals surface area contributed by atoms with Gasteiger partial charge in [0.05, 0.1) is 30.6 Å². The second kappa shape index (κ2) is 12.3. The smallest absolute Gasteiger partial charge is 0.226 e. The molecule has 0 aromatic heterocycles. The number of anilines is 1. The lowest BCUT2D eigenvalue weighted by Gasteiger charge is -2.26. The van der Waals surface area contributed by atoms with Gasteiger partial charge in [0.1, 0.15) is 10.8 Å². The Morgan fingerprint density at radius 3 is 2.72 bits per heavy atom. The molecule has 2 bridgehead atoms. The van der Waals surface area contributed by atoms with E-state index in [4.69, 9.17) is 25.8 Å². The van der Waals surface area contributed by atoms with Gasteiger partial charge < -0.3 is 24.4 Å². The summed E-state index contributed by atoms with van der Waals surface area (Å²) < 4.78 is 17.4. The maximum absolute atomic E-state index is 13.2. The van der Waals surface area contributed by atoms with Gasteiger partial charge >= 0.3 is 0 Å². The lowest BCUT2D eigenvalue weighted by molar-refractivity contribution is -0.118. The van der Waals surface area contributed by atoms with Crippen LogP contribution in [-0.4, -0.2) is 57.4 Å². The number of carbonyl (C=O) groups excluding carboxylic acids is 2. The van der Waals surface area contributed by atoms with Crippen LogP contribution in [0.5, 0.6) is 5.75 Å². The van der Waals surface area contributed by atoms with Gasteiger partial charge in [0, 0.05) is 32.5 Å². The fourth-order valence-corrected chi connectivity index (χ4v) is 5.41. The van der Waals surface area contributed by atoms with E-state index in [2.05, 4.69) is 31.3 Å². The first-order chi connectivity index (χ1) is 17.1. The zero-order chi connectivity index (χ0) is 26.5. The molecule has 2 heterocycles. The van der Waals surface area contributed by atoms with Gasteiger partial charge in [0.15, 0.2) is 0 Å². The third-order valence-electron chi connectivity index (χ3n) is 7.42. The lowest BCUT2D eigenvalue weighted by Crippen LogP contribution is -2.37. The van der Waals surface area contributed by atoms with E-state index in [9.17, 15) is 9.59 Å². The molecule has 7 nitrogen and oxygen atoms in total. The van der Waals surface area contributed by atoms with Crippen molar-refractivity contribution < 1.29 is 23.8 Å². The molecule has 1 saturated heterocycles. The molecule has 0 radical (unpaired) electrons. The lowest BCUT2D eigenvalue weighted by atomic mass is 9.87. The summed E-state index contributed by atoms with van der Waals surface area (Å²) in [4.78, 5) is 26.0. The largest absolute Gasteiger partial charge is 0.495 e. The van der Waals surface area contributed by atoms with Gasteiger partial charge in [0.2, 0.25) is 12.3 Å². The summed E-state index contributed by atoms with van der Waals surface area (Å²) in [6.07, 6.45) is 9.74. The monoisotopic (exact) mass is 518 g/mol. The number of carbonyl (C=O) groups is 2. The van der Waals surface area contributed by atoms with E-state index < -0.39 is 5.60 Å². The van der Waals surface area contributed by atoms with Crippen LogP contribution in [0.1, 0.15) is 52.0 Å². The van der Waals surface area contributed by atoms with E-state index in [1.165, 1.54) is 0 Å². The van der Waals surface area contributed by atoms with E-state index in [1.54, 1.807) is 26.2 Å². The zero-order valence-electron chi connectivity index (χ0n) is 22.2. The second-order valence-corrected chi connectivity index (χ2v) is 10.5. The van der Waals surface area contributed by atoms with E-state index in [1.807, 2.05) is 25.1 Å². The van der Waals surface area contributed by atoms with Crippen molar-refractivity contribution in [2.75, 3.05) is 26.2 Å². The van der Waals surface area contributed by atoms with Crippen molar-refractivity contribution in [2.45, 2.75) is 76.7 Å². The summed E-state index contributed by atoms with van der Waals surface area (Å²) in [7, 11) is 5.02. The van der Waals surface area contributed by atoms with Gasteiger partial charge in [-0.1, -0.05) is 42.3 Å². The Hall–Kier alpha value is -2.35. The summed E-state index contributed by atoms with van der Waals surface area (Å²) in [5, 5.41) is 3.35. The van der Waals surface area contributed by atoms with Crippen molar-refractivity contribution in [3.8, 4) is 5.75 Å². The number of methoxy groups -OCH3 is 2. The number of nitrogens with zero attached hydrogens (tertiary/aromatic N) is 1. The molecule has 3 rings (SSSR count). The molecule has 2 aliphatic rings. The van der Waals surface area contributed by atoms with E-state index in [0.29, 0.717) is 48.6 Å². The van der Waals surface area contributed by atoms with Gasteiger partial charge in [-0.05, 0) is 57.2 Å². The first kappa shape index (κ1) is 28.2. The molecule has 1 aromatic carbocycles. The number of benzene rings is 1. The molecule has 1 N–H and O–H groups in total. The van der Waals surface area contributed by atoms with Crippen molar-refractivity contribution in [2.24, 2.45) is 5.92 Å². The van der Waals surface area contributed by atoms with Gasteiger partial charge in [0.25, 0.3) is 0 Å². The number of nitrogens with one attached hydrogen (secondary N) is 1. The minimum absolute atomic E-state index is 0.0207. The molecule has 0 aliphatic carbocycles. The summed E-state index contributed by atoms with van der Waals surface area (Å²) in [6.45, 7) is 6.21. The topological polar surface area (TPSA) is 80.4 Å². The number of hydrogen-bond donors (Lipinski definition) is 1. The number of hydrogen-bond acceptors (Lipinski definition) is 5. The van der Waals surface area contributed by atoms with Crippen molar-refractivity contribution in [1.82, 2.24) is 5.32 Å². The highest BCUT2D eigenvalue weighted by molar-refractivity contribution is 6.35. The van der Waals surface area contributed by atoms with Crippen LogP contribution >= 0.6 is 11.6 Å². The first-order valence-electron chi connectivity index (χ1n) is 12.5. The maximum atomic E-state index is 13.2. The second-order valence-electron chi connectivity index (χ2n) is 10.1. The normalized spacial score (nSPS) is 32.1. The Bertz CT molecular complexity index is 1010. The standard InChI is InChI=1S/C28H39ClN2O5/c1-18-9-7-8-10-21(30-17-32)16-23(34-5)19(2)27-28(3,36-27)12-11-25(33)31(4)22-14-20(13-18)15-24(35-6)26(22)29/h7-9,14-15,17,19,21,23,27H,10-13,16H2,1-6H3,(H,30,32)/b8-7+,18-9+. The third-order valence-corrected chi connectivity index (χ3v) is 7.80. The molecule has 36 heavy (non-hydrogen) atoms. The highest BCUT2D eigenvalue weighted by Crippen LogP contribution is 2.47. The van der Waals surface area contributed by atoms with Gasteiger partial charge in [-0.15, -0.1) is 0 Å². The number of ether oxygens (including phenoxy) is 3. The molecule has 5 atom stereocenters. The minimum atomic E-state index is -0.395. The highest BCUT2D eigenvalue weighted by atomic mass is 35.5. The molecule has 1 fully saturated rings.